The first kappa shape index (κ1) is 30.9. The van der Waals surface area contributed by atoms with Crippen molar-refractivity contribution < 1.29 is 18.0 Å². The summed E-state index contributed by atoms with van der Waals surface area (Å²) in [6.45, 7) is 8.61. The summed E-state index contributed by atoms with van der Waals surface area (Å²) in [5, 5.41) is 2.91. The third kappa shape index (κ3) is 8.68. The van der Waals surface area contributed by atoms with Gasteiger partial charge in [-0.3, -0.25) is 13.9 Å². The first-order valence-corrected chi connectivity index (χ1v) is 15.6. The van der Waals surface area contributed by atoms with Gasteiger partial charge in [0.05, 0.1) is 11.9 Å². The maximum Gasteiger partial charge on any atom is 0.243 e. The van der Waals surface area contributed by atoms with E-state index in [4.69, 9.17) is 0 Å². The van der Waals surface area contributed by atoms with Crippen LogP contribution in [0.5, 0.6) is 0 Å². The minimum absolute atomic E-state index is 0.105. The molecule has 0 aliphatic heterocycles. The number of nitrogens with zero attached hydrogens (tertiary/aromatic N) is 2. The summed E-state index contributed by atoms with van der Waals surface area (Å²) in [6.07, 6.45) is 1.98. The zero-order valence-corrected chi connectivity index (χ0v) is 25.0. The van der Waals surface area contributed by atoms with Crippen molar-refractivity contribution >= 4 is 27.5 Å². The zero-order valence-electron chi connectivity index (χ0n) is 24.2. The molecule has 0 bridgehead atoms. The summed E-state index contributed by atoms with van der Waals surface area (Å²) >= 11 is 0. The van der Waals surface area contributed by atoms with Crippen LogP contribution in [0.2, 0.25) is 0 Å². The summed E-state index contributed by atoms with van der Waals surface area (Å²) in [5.74, 6) is -0.398. The van der Waals surface area contributed by atoms with Crippen molar-refractivity contribution in [2.24, 2.45) is 0 Å². The largest absolute Gasteiger partial charge is 0.355 e. The molecule has 0 fully saturated rings. The molecule has 3 aromatic carbocycles. The molecule has 7 nitrogen and oxygen atoms in total. The minimum Gasteiger partial charge on any atom is -0.355 e. The van der Waals surface area contributed by atoms with Crippen LogP contribution in [0.15, 0.2) is 72.8 Å². The van der Waals surface area contributed by atoms with Gasteiger partial charge >= 0.3 is 0 Å². The monoisotopic (exact) mass is 563 g/mol. The Morgan fingerprint density at radius 1 is 0.900 bits per heavy atom. The van der Waals surface area contributed by atoms with Crippen molar-refractivity contribution in [3.05, 3.63) is 101 Å². The fourth-order valence-electron chi connectivity index (χ4n) is 4.92. The number of nitrogens with one attached hydrogen (secondary N) is 1. The highest BCUT2D eigenvalue weighted by Gasteiger charge is 2.30. The Labute approximate surface area is 239 Å². The van der Waals surface area contributed by atoms with Crippen LogP contribution in [0, 0.1) is 20.8 Å². The van der Waals surface area contributed by atoms with Crippen molar-refractivity contribution in [3.63, 3.8) is 0 Å². The predicted octanol–water partition coefficient (Wildman–Crippen LogP) is 4.93. The van der Waals surface area contributed by atoms with Gasteiger partial charge in [-0.1, -0.05) is 60.7 Å². The van der Waals surface area contributed by atoms with Gasteiger partial charge in [0.15, 0.2) is 0 Å². The van der Waals surface area contributed by atoms with Crippen LogP contribution in [-0.2, 0) is 32.6 Å². The minimum atomic E-state index is -3.56. The molecule has 1 N–H and O–H groups in total. The van der Waals surface area contributed by atoms with Crippen molar-refractivity contribution in [2.75, 3.05) is 23.7 Å². The van der Waals surface area contributed by atoms with E-state index in [0.717, 1.165) is 27.8 Å². The van der Waals surface area contributed by atoms with Crippen LogP contribution in [-0.4, -0.2) is 50.5 Å². The number of carbonyl (C=O) groups is 2. The molecule has 0 saturated carbocycles. The third-order valence-electron chi connectivity index (χ3n) is 6.87. The van der Waals surface area contributed by atoms with Gasteiger partial charge in [-0.2, -0.15) is 0 Å². The molecule has 3 rings (SSSR count). The lowest BCUT2D eigenvalue weighted by Crippen LogP contribution is -2.50. The molecule has 3 aromatic rings. The van der Waals surface area contributed by atoms with Gasteiger partial charge in [-0.25, -0.2) is 8.42 Å². The maximum atomic E-state index is 13.9. The molecular formula is C32H41N3O4S. The molecule has 40 heavy (non-hydrogen) atoms. The van der Waals surface area contributed by atoms with Crippen LogP contribution in [0.3, 0.4) is 0 Å². The SMILES string of the molecule is CCNC(=O)C(Cc1ccccc1)N(Cc1ccccc1C)C(=O)CCCN(c1cc(C)cc(C)c1)S(C)(=O)=O. The van der Waals surface area contributed by atoms with Crippen molar-refractivity contribution in [3.8, 4) is 0 Å². The molecule has 1 atom stereocenters. The second-order valence-electron chi connectivity index (χ2n) is 10.3. The highest BCUT2D eigenvalue weighted by atomic mass is 32.2. The van der Waals surface area contributed by atoms with E-state index < -0.39 is 16.1 Å². The summed E-state index contributed by atoms with van der Waals surface area (Å²) in [6, 6.07) is 22.5. The van der Waals surface area contributed by atoms with Crippen LogP contribution in [0.25, 0.3) is 0 Å². The van der Waals surface area contributed by atoms with Crippen molar-refractivity contribution in [2.45, 2.75) is 59.5 Å². The second-order valence-corrected chi connectivity index (χ2v) is 12.2. The molecular weight excluding hydrogens is 522 g/mol. The smallest absolute Gasteiger partial charge is 0.243 e. The van der Waals surface area contributed by atoms with Gasteiger partial charge in [0.1, 0.15) is 6.04 Å². The molecule has 0 spiro atoms. The first-order chi connectivity index (χ1) is 19.0. The molecule has 0 aromatic heterocycles. The Kier molecular flexibility index (Phi) is 10.9. The summed E-state index contributed by atoms with van der Waals surface area (Å²) in [5.41, 5.74) is 5.48. The molecule has 214 valence electrons. The number of benzene rings is 3. The molecule has 0 radical (unpaired) electrons. The van der Waals surface area contributed by atoms with Crippen molar-refractivity contribution in [1.29, 1.82) is 0 Å². The number of carbonyl (C=O) groups excluding carboxylic acids is 2. The van der Waals surface area contributed by atoms with Gasteiger partial charge in [0, 0.05) is 32.5 Å². The Morgan fingerprint density at radius 2 is 1.52 bits per heavy atom. The zero-order chi connectivity index (χ0) is 29.3. The van der Waals surface area contributed by atoms with E-state index in [0.29, 0.717) is 25.1 Å². The molecule has 0 heterocycles. The number of sulfonamides is 1. The number of hydrogen-bond acceptors (Lipinski definition) is 4. The Morgan fingerprint density at radius 3 is 2.12 bits per heavy atom. The fraction of sp³-hybridized carbons (Fsp3) is 0.375. The number of anilines is 1. The lowest BCUT2D eigenvalue weighted by molar-refractivity contribution is -0.141. The lowest BCUT2D eigenvalue weighted by atomic mass is 10.0. The molecule has 1 unspecified atom stereocenters. The number of hydrogen-bond donors (Lipinski definition) is 1. The Hall–Kier alpha value is -3.65. The van der Waals surface area contributed by atoms with Gasteiger partial charge in [-0.05, 0) is 74.1 Å². The second kappa shape index (κ2) is 14.1. The lowest BCUT2D eigenvalue weighted by Gasteiger charge is -2.32. The quantitative estimate of drug-likeness (QED) is 0.319. The molecule has 0 aliphatic carbocycles. The standard InChI is InChI=1S/C32H41N3O4S/c1-6-33-32(37)30(22-27-14-8-7-9-15-27)34(23-28-16-11-10-13-26(28)4)31(36)17-12-18-35(40(5,38)39)29-20-24(2)19-25(3)21-29/h7-11,13-16,19-21,30H,6,12,17-18,22-23H2,1-5H3,(H,33,37). The van der Waals surface area contributed by atoms with E-state index in [2.05, 4.69) is 5.32 Å². The van der Waals surface area contributed by atoms with E-state index in [1.54, 1.807) is 4.90 Å². The summed E-state index contributed by atoms with van der Waals surface area (Å²) < 4.78 is 26.7. The van der Waals surface area contributed by atoms with Crippen molar-refractivity contribution in [1.82, 2.24) is 10.2 Å². The van der Waals surface area contributed by atoms with Gasteiger partial charge < -0.3 is 10.2 Å². The average Bonchev–Trinajstić information content (AvgIpc) is 2.89. The van der Waals surface area contributed by atoms with Crippen LogP contribution >= 0.6 is 0 Å². The van der Waals surface area contributed by atoms with E-state index in [1.165, 1.54) is 10.6 Å². The fourth-order valence-corrected chi connectivity index (χ4v) is 5.86. The van der Waals surface area contributed by atoms with Crippen LogP contribution < -0.4 is 9.62 Å². The maximum absolute atomic E-state index is 13.9. The van der Waals surface area contributed by atoms with E-state index in [1.807, 2.05) is 100 Å². The van der Waals surface area contributed by atoms with E-state index >= 15 is 0 Å². The topological polar surface area (TPSA) is 86.8 Å². The first-order valence-electron chi connectivity index (χ1n) is 13.7. The molecule has 0 saturated heterocycles. The van der Waals surface area contributed by atoms with Crippen LogP contribution in [0.4, 0.5) is 5.69 Å². The number of amides is 2. The molecule has 8 heteroatoms. The molecule has 0 aliphatic rings. The van der Waals surface area contributed by atoms with Gasteiger partial charge in [0.2, 0.25) is 21.8 Å². The highest BCUT2D eigenvalue weighted by Crippen LogP contribution is 2.23. The number of likely N-dealkylation sites (N-methyl/N-ethyl adjacent to an activating group) is 1. The van der Waals surface area contributed by atoms with E-state index in [-0.39, 0.29) is 31.3 Å². The van der Waals surface area contributed by atoms with Gasteiger partial charge in [-0.15, -0.1) is 0 Å². The number of rotatable bonds is 13. The molecule has 2 amide bonds. The summed E-state index contributed by atoms with van der Waals surface area (Å²) in [7, 11) is -3.56. The normalized spacial score (nSPS) is 12.0. The number of aryl methyl sites for hydroxylation is 3. The average molecular weight is 564 g/mol. The Bertz CT molecular complexity index is 1390. The van der Waals surface area contributed by atoms with E-state index in [9.17, 15) is 18.0 Å². The third-order valence-corrected chi connectivity index (χ3v) is 8.06. The highest BCUT2D eigenvalue weighted by molar-refractivity contribution is 7.92. The van der Waals surface area contributed by atoms with Gasteiger partial charge in [0.25, 0.3) is 0 Å². The van der Waals surface area contributed by atoms with Crippen LogP contribution in [0.1, 0.15) is 47.6 Å². The summed E-state index contributed by atoms with van der Waals surface area (Å²) in [4.78, 5) is 28.8. The Balaban J connectivity index is 1.88. The predicted molar refractivity (Wildman–Crippen MR) is 162 cm³/mol.